The van der Waals surface area contributed by atoms with Crippen LogP contribution in [0.5, 0.6) is 0 Å². The number of carboxylic acids is 1. The molecular weight excluding hydrogens is 756 g/mol. The molecule has 0 aromatic heterocycles. The van der Waals surface area contributed by atoms with E-state index in [4.69, 9.17) is 23.7 Å². The summed E-state index contributed by atoms with van der Waals surface area (Å²) in [6, 6.07) is 0. The average molecular weight is 825 g/mol. The predicted octanol–water partition coefficient (Wildman–Crippen LogP) is 2.04. The molecule has 0 bridgehead atoms. The molecule has 7 rings (SSSR count). The van der Waals surface area contributed by atoms with Crippen LogP contribution in [-0.4, -0.2) is 141 Å². The number of allylic oxidation sites excluding steroid dienone is 2. The largest absolute Gasteiger partial charge is 0.479 e. The second-order valence-corrected chi connectivity index (χ2v) is 20.6. The highest BCUT2D eigenvalue weighted by Crippen LogP contribution is 2.76. The SMILES string of the molecule is COC(=O)C1(C)CCC2(C)CCC3(C)C(=CCC4C5(C)CCC(OC6OC(C(=O)O)C(O)C(O)C6OC6OC(CO)C(O)C(O)C6O)C(C)(CO)C5CCC43C)C2C1. The maximum Gasteiger partial charge on any atom is 0.335 e. The van der Waals surface area contributed by atoms with Crippen LogP contribution in [0.1, 0.15) is 106 Å². The van der Waals surface area contributed by atoms with Crippen LogP contribution in [0.25, 0.3) is 0 Å². The molecule has 0 amide bonds. The van der Waals surface area contributed by atoms with Crippen LogP contribution in [0, 0.1) is 50.2 Å². The van der Waals surface area contributed by atoms with Crippen molar-refractivity contribution in [1.29, 1.82) is 0 Å². The lowest BCUT2D eigenvalue weighted by Gasteiger charge is -2.71. The van der Waals surface area contributed by atoms with Gasteiger partial charge in [0.2, 0.25) is 0 Å². The number of hydrogen-bond donors (Lipinski definition) is 8. The van der Waals surface area contributed by atoms with Crippen LogP contribution in [-0.2, 0) is 33.3 Å². The van der Waals surface area contributed by atoms with Crippen molar-refractivity contribution in [2.75, 3.05) is 20.3 Å². The summed E-state index contributed by atoms with van der Waals surface area (Å²) in [5, 5.41) is 84.6. The lowest BCUT2D eigenvalue weighted by Crippen LogP contribution is -2.67. The highest BCUT2D eigenvalue weighted by atomic mass is 16.8. The van der Waals surface area contributed by atoms with Gasteiger partial charge in [-0.25, -0.2) is 4.79 Å². The first kappa shape index (κ1) is 44.3. The number of hydrogen-bond acceptors (Lipinski definition) is 14. The van der Waals surface area contributed by atoms with Gasteiger partial charge in [-0.15, -0.1) is 0 Å². The van der Waals surface area contributed by atoms with Crippen LogP contribution in [0.15, 0.2) is 11.6 Å². The fourth-order valence-corrected chi connectivity index (χ4v) is 13.8. The third kappa shape index (κ3) is 6.46. The Kier molecular flexibility index (Phi) is 11.6. The minimum atomic E-state index is -1.98. The summed E-state index contributed by atoms with van der Waals surface area (Å²) in [5.41, 5.74) is -0.192. The Morgan fingerprint density at radius 1 is 0.776 bits per heavy atom. The van der Waals surface area contributed by atoms with Crippen molar-refractivity contribution in [3.05, 3.63) is 11.6 Å². The van der Waals surface area contributed by atoms with Crippen LogP contribution in [0.2, 0.25) is 0 Å². The Hall–Kier alpha value is -1.76. The van der Waals surface area contributed by atoms with E-state index >= 15 is 0 Å². The number of carboxylic acid groups (broad SMARTS) is 1. The van der Waals surface area contributed by atoms with E-state index in [1.807, 2.05) is 6.92 Å². The smallest absolute Gasteiger partial charge is 0.335 e. The Bertz CT molecular complexity index is 1610. The number of aliphatic hydroxyl groups excluding tert-OH is 7. The average Bonchev–Trinajstić information content (AvgIpc) is 3.18. The van der Waals surface area contributed by atoms with Crippen molar-refractivity contribution in [1.82, 2.24) is 0 Å². The van der Waals surface area contributed by atoms with Gasteiger partial charge < -0.3 is 64.5 Å². The maximum atomic E-state index is 13.1. The molecule has 4 saturated carbocycles. The Morgan fingerprint density at radius 2 is 1.47 bits per heavy atom. The number of ether oxygens (including phenoxy) is 5. The molecule has 20 atom stereocenters. The maximum absolute atomic E-state index is 13.1. The lowest BCUT2D eigenvalue weighted by atomic mass is 9.33. The molecule has 0 aromatic carbocycles. The zero-order chi connectivity index (χ0) is 42.5. The third-order valence-corrected chi connectivity index (χ3v) is 17.8. The summed E-state index contributed by atoms with van der Waals surface area (Å²) in [6.45, 7) is 12.7. The molecule has 7 aliphatic rings. The van der Waals surface area contributed by atoms with Gasteiger partial charge in [0, 0.05) is 5.41 Å². The van der Waals surface area contributed by atoms with Gasteiger partial charge in [0.15, 0.2) is 18.7 Å². The Morgan fingerprint density at radius 3 is 2.10 bits per heavy atom. The van der Waals surface area contributed by atoms with Gasteiger partial charge in [-0.2, -0.15) is 0 Å². The van der Waals surface area contributed by atoms with E-state index in [-0.39, 0.29) is 52.0 Å². The van der Waals surface area contributed by atoms with Crippen molar-refractivity contribution in [2.45, 2.75) is 173 Å². The van der Waals surface area contributed by atoms with Gasteiger partial charge in [0.25, 0.3) is 0 Å². The van der Waals surface area contributed by atoms with E-state index in [1.165, 1.54) is 12.7 Å². The van der Waals surface area contributed by atoms with E-state index < -0.39 is 90.9 Å². The summed E-state index contributed by atoms with van der Waals surface area (Å²) in [6.07, 6.45) is -7.26. The molecule has 15 heteroatoms. The van der Waals surface area contributed by atoms with Crippen LogP contribution < -0.4 is 0 Å². The molecule has 2 aliphatic heterocycles. The molecule has 0 radical (unpaired) electrons. The summed E-state index contributed by atoms with van der Waals surface area (Å²) in [7, 11) is 1.48. The first-order chi connectivity index (χ1) is 27.1. The number of carbonyl (C=O) groups excluding carboxylic acids is 1. The van der Waals surface area contributed by atoms with E-state index in [1.54, 1.807) is 0 Å². The highest BCUT2D eigenvalue weighted by molar-refractivity contribution is 5.76. The first-order valence-corrected chi connectivity index (χ1v) is 21.3. The number of aliphatic carboxylic acids is 1. The van der Waals surface area contributed by atoms with Crippen LogP contribution >= 0.6 is 0 Å². The van der Waals surface area contributed by atoms with Crippen molar-refractivity contribution >= 4 is 11.9 Å². The number of aliphatic hydroxyl groups is 7. The molecule has 58 heavy (non-hydrogen) atoms. The van der Waals surface area contributed by atoms with Crippen LogP contribution in [0.3, 0.4) is 0 Å². The number of carbonyl (C=O) groups is 2. The molecule has 15 nitrogen and oxygen atoms in total. The number of fused-ring (bicyclic) bond motifs is 7. The molecule has 5 aliphatic carbocycles. The zero-order valence-corrected chi connectivity index (χ0v) is 35.1. The van der Waals surface area contributed by atoms with Crippen molar-refractivity contribution in [3.63, 3.8) is 0 Å². The Labute approximate surface area is 341 Å². The highest BCUT2D eigenvalue weighted by Gasteiger charge is 2.69. The van der Waals surface area contributed by atoms with Gasteiger partial charge in [-0.3, -0.25) is 4.79 Å². The molecule has 2 saturated heterocycles. The Balaban J connectivity index is 1.17. The summed E-state index contributed by atoms with van der Waals surface area (Å²) < 4.78 is 29.2. The van der Waals surface area contributed by atoms with E-state index in [0.29, 0.717) is 6.42 Å². The van der Waals surface area contributed by atoms with Gasteiger partial charge in [-0.05, 0) is 111 Å². The third-order valence-electron chi connectivity index (χ3n) is 17.8. The standard InChI is InChI=1S/C43H68O15/c1-38-14-15-39(2,37(53)54-7)18-22(38)21-8-9-25-40(3)12-11-26(41(4,20-45)24(40)10-13-43(25,6)42(21,5)17-16-38)56-36-33(30(49)29(48)32(57-36)34(51)52)58-35-31(50)28(47)27(46)23(19-44)55-35/h8,22-33,35-36,44-50H,9-20H2,1-7H3,(H,51,52). The molecular formula is C43H68O15. The van der Waals surface area contributed by atoms with E-state index in [2.05, 4.69) is 40.7 Å². The van der Waals surface area contributed by atoms with E-state index in [9.17, 15) is 50.4 Å². The lowest BCUT2D eigenvalue weighted by molar-refractivity contribution is -0.375. The molecule has 2 heterocycles. The van der Waals surface area contributed by atoms with Crippen molar-refractivity contribution < 1.29 is 74.1 Å². The minimum absolute atomic E-state index is 0.0364. The van der Waals surface area contributed by atoms with E-state index in [0.717, 1.165) is 57.8 Å². The second-order valence-electron chi connectivity index (χ2n) is 20.6. The second kappa shape index (κ2) is 15.2. The summed E-state index contributed by atoms with van der Waals surface area (Å²) in [4.78, 5) is 25.3. The van der Waals surface area contributed by atoms with Crippen LogP contribution in [0.4, 0.5) is 0 Å². The van der Waals surface area contributed by atoms with Gasteiger partial charge in [0.1, 0.15) is 42.7 Å². The quantitative estimate of drug-likeness (QED) is 0.0993. The molecule has 330 valence electrons. The number of methoxy groups -OCH3 is 1. The van der Waals surface area contributed by atoms with Crippen molar-refractivity contribution in [3.8, 4) is 0 Å². The fraction of sp³-hybridized carbons (Fsp3) is 0.907. The topological polar surface area (TPSA) is 242 Å². The molecule has 8 N–H and O–H groups in total. The zero-order valence-electron chi connectivity index (χ0n) is 35.1. The molecule has 0 aromatic rings. The predicted molar refractivity (Wildman–Crippen MR) is 204 cm³/mol. The normalized spacial score (nSPS) is 54.2. The number of rotatable bonds is 8. The minimum Gasteiger partial charge on any atom is -0.479 e. The van der Waals surface area contributed by atoms with Gasteiger partial charge >= 0.3 is 11.9 Å². The van der Waals surface area contributed by atoms with Crippen molar-refractivity contribution in [2.24, 2.45) is 50.2 Å². The van der Waals surface area contributed by atoms with Gasteiger partial charge in [0.05, 0.1) is 31.8 Å². The monoisotopic (exact) mass is 824 g/mol. The molecule has 0 spiro atoms. The first-order valence-electron chi connectivity index (χ1n) is 21.3. The summed E-state index contributed by atoms with van der Waals surface area (Å²) >= 11 is 0. The fourth-order valence-electron chi connectivity index (χ4n) is 13.8. The van der Waals surface area contributed by atoms with Gasteiger partial charge in [-0.1, -0.05) is 46.3 Å². The number of esters is 1. The summed E-state index contributed by atoms with van der Waals surface area (Å²) in [5.74, 6) is -1.18. The molecule has 20 unspecified atom stereocenters. The molecule has 6 fully saturated rings.